The first-order chi connectivity index (χ1) is 11.0. The first kappa shape index (κ1) is 15.2. The van der Waals surface area contributed by atoms with Gasteiger partial charge in [-0.05, 0) is 35.7 Å². The summed E-state index contributed by atoms with van der Waals surface area (Å²) in [6.45, 7) is 2.22. The molecule has 0 unspecified atom stereocenters. The largest absolute Gasteiger partial charge is 0.478 e. The van der Waals surface area contributed by atoms with E-state index in [2.05, 4.69) is 0 Å². The van der Waals surface area contributed by atoms with E-state index < -0.39 is 12.1 Å². The molecule has 1 aliphatic heterocycles. The first-order valence-corrected chi connectivity index (χ1v) is 7.38. The Bertz CT molecular complexity index is 764. The molecular formula is C18H17NO4. The maximum atomic E-state index is 12.6. The van der Waals surface area contributed by atoms with E-state index in [1.165, 1.54) is 4.90 Å². The molecule has 118 valence electrons. The Balaban J connectivity index is 2.09. The van der Waals surface area contributed by atoms with Gasteiger partial charge in [0.2, 0.25) is 0 Å². The number of hydrogen-bond donors (Lipinski definition) is 2. The lowest BCUT2D eigenvalue weighted by atomic mass is 9.93. The fraction of sp³-hybridized carbons (Fsp3) is 0.222. The van der Waals surface area contributed by atoms with Gasteiger partial charge in [-0.1, -0.05) is 30.3 Å². The van der Waals surface area contributed by atoms with Crippen molar-refractivity contribution in [2.75, 3.05) is 13.1 Å². The molecule has 3 rings (SSSR count). The minimum Gasteiger partial charge on any atom is -0.478 e. The maximum absolute atomic E-state index is 12.6. The van der Waals surface area contributed by atoms with Crippen LogP contribution in [0, 0.1) is 6.92 Å². The second kappa shape index (κ2) is 5.85. The van der Waals surface area contributed by atoms with E-state index in [1.54, 1.807) is 19.1 Å². The van der Waals surface area contributed by atoms with Crippen LogP contribution in [0.2, 0.25) is 0 Å². The lowest BCUT2D eigenvalue weighted by Gasteiger charge is -2.36. The summed E-state index contributed by atoms with van der Waals surface area (Å²) in [6, 6.07) is 12.7. The van der Waals surface area contributed by atoms with Gasteiger partial charge in [0.25, 0.3) is 5.91 Å². The zero-order valence-corrected chi connectivity index (χ0v) is 12.7. The lowest BCUT2D eigenvalue weighted by Crippen LogP contribution is -2.53. The van der Waals surface area contributed by atoms with Gasteiger partial charge >= 0.3 is 5.97 Å². The van der Waals surface area contributed by atoms with E-state index in [0.29, 0.717) is 16.7 Å². The van der Waals surface area contributed by atoms with Crippen molar-refractivity contribution in [3.05, 3.63) is 59.2 Å². The number of nitrogens with zero attached hydrogens (tertiary/aromatic N) is 1. The number of benzene rings is 2. The summed E-state index contributed by atoms with van der Waals surface area (Å²) in [6.07, 6.45) is -0.490. The Morgan fingerprint density at radius 3 is 2.22 bits per heavy atom. The van der Waals surface area contributed by atoms with E-state index in [1.807, 2.05) is 30.3 Å². The van der Waals surface area contributed by atoms with Crippen molar-refractivity contribution < 1.29 is 19.8 Å². The first-order valence-electron chi connectivity index (χ1n) is 7.38. The molecule has 5 nitrogen and oxygen atoms in total. The summed E-state index contributed by atoms with van der Waals surface area (Å²) in [7, 11) is 0. The monoisotopic (exact) mass is 311 g/mol. The number of carboxylic acid groups (broad SMARTS) is 1. The molecule has 2 aromatic rings. The normalized spacial score (nSPS) is 14.4. The average molecular weight is 311 g/mol. The van der Waals surface area contributed by atoms with Gasteiger partial charge in [-0.3, -0.25) is 4.79 Å². The molecule has 5 heteroatoms. The van der Waals surface area contributed by atoms with E-state index in [4.69, 9.17) is 0 Å². The van der Waals surface area contributed by atoms with Gasteiger partial charge in [0.1, 0.15) is 0 Å². The number of carbonyl (C=O) groups excluding carboxylic acids is 1. The summed E-state index contributed by atoms with van der Waals surface area (Å²) in [5, 5.41) is 18.8. The number of likely N-dealkylation sites (tertiary alicyclic amines) is 1. The van der Waals surface area contributed by atoms with Crippen molar-refractivity contribution in [3.63, 3.8) is 0 Å². The van der Waals surface area contributed by atoms with Gasteiger partial charge in [-0.15, -0.1) is 0 Å². The molecule has 0 bridgehead atoms. The van der Waals surface area contributed by atoms with Crippen LogP contribution in [0.3, 0.4) is 0 Å². The van der Waals surface area contributed by atoms with Gasteiger partial charge in [0, 0.05) is 18.7 Å². The maximum Gasteiger partial charge on any atom is 0.335 e. The molecule has 0 saturated carbocycles. The number of carboxylic acids is 1. The lowest BCUT2D eigenvalue weighted by molar-refractivity contribution is 0.00584. The molecule has 0 radical (unpaired) electrons. The van der Waals surface area contributed by atoms with Crippen LogP contribution in [0.5, 0.6) is 0 Å². The van der Waals surface area contributed by atoms with Crippen molar-refractivity contribution in [2.45, 2.75) is 13.0 Å². The fourth-order valence-corrected chi connectivity index (χ4v) is 2.75. The summed E-state index contributed by atoms with van der Waals surface area (Å²) >= 11 is 0. The molecule has 2 N–H and O–H groups in total. The molecule has 1 amide bonds. The molecule has 2 aromatic carbocycles. The molecule has 0 atom stereocenters. The smallest absolute Gasteiger partial charge is 0.335 e. The molecule has 0 spiro atoms. The van der Waals surface area contributed by atoms with E-state index in [9.17, 15) is 19.8 Å². The predicted molar refractivity (Wildman–Crippen MR) is 85.5 cm³/mol. The molecular weight excluding hydrogens is 294 g/mol. The van der Waals surface area contributed by atoms with Crippen LogP contribution in [0.15, 0.2) is 42.5 Å². The fourth-order valence-electron chi connectivity index (χ4n) is 2.75. The van der Waals surface area contributed by atoms with Crippen molar-refractivity contribution in [1.29, 1.82) is 0 Å². The third-order valence-electron chi connectivity index (χ3n) is 4.13. The number of carbonyl (C=O) groups is 2. The van der Waals surface area contributed by atoms with E-state index in [-0.39, 0.29) is 24.6 Å². The van der Waals surface area contributed by atoms with Gasteiger partial charge in [-0.2, -0.15) is 0 Å². The van der Waals surface area contributed by atoms with Crippen LogP contribution in [0.1, 0.15) is 26.3 Å². The quantitative estimate of drug-likeness (QED) is 0.910. The van der Waals surface area contributed by atoms with Gasteiger partial charge in [0.15, 0.2) is 0 Å². The summed E-state index contributed by atoms with van der Waals surface area (Å²) in [5.74, 6) is -1.30. The number of aliphatic hydroxyl groups is 1. The van der Waals surface area contributed by atoms with Crippen molar-refractivity contribution in [2.24, 2.45) is 0 Å². The minimum absolute atomic E-state index is 0.121. The van der Waals surface area contributed by atoms with Gasteiger partial charge in [0.05, 0.1) is 11.7 Å². The van der Waals surface area contributed by atoms with Crippen LogP contribution in [-0.2, 0) is 0 Å². The Morgan fingerprint density at radius 2 is 1.65 bits per heavy atom. The topological polar surface area (TPSA) is 77.8 Å². The molecule has 1 aliphatic rings. The van der Waals surface area contributed by atoms with Crippen molar-refractivity contribution in [1.82, 2.24) is 4.90 Å². The highest BCUT2D eigenvalue weighted by atomic mass is 16.4. The highest BCUT2D eigenvalue weighted by molar-refractivity contribution is 6.02. The predicted octanol–water partition coefficient (Wildman–Crippen LogP) is 2.18. The molecule has 1 fully saturated rings. The molecule has 23 heavy (non-hydrogen) atoms. The van der Waals surface area contributed by atoms with Crippen LogP contribution in [0.4, 0.5) is 0 Å². The van der Waals surface area contributed by atoms with Crippen LogP contribution >= 0.6 is 0 Å². The van der Waals surface area contributed by atoms with E-state index >= 15 is 0 Å². The average Bonchev–Trinajstić information content (AvgIpc) is 2.52. The highest BCUT2D eigenvalue weighted by Gasteiger charge is 2.31. The number of rotatable bonds is 3. The molecule has 1 saturated heterocycles. The van der Waals surface area contributed by atoms with Gasteiger partial charge in [-0.25, -0.2) is 4.79 Å². The highest BCUT2D eigenvalue weighted by Crippen LogP contribution is 2.27. The zero-order chi connectivity index (χ0) is 16.6. The molecule has 0 aromatic heterocycles. The number of amides is 1. The summed E-state index contributed by atoms with van der Waals surface area (Å²) < 4.78 is 0. The second-order valence-corrected chi connectivity index (χ2v) is 5.73. The zero-order valence-electron chi connectivity index (χ0n) is 12.7. The van der Waals surface area contributed by atoms with Crippen molar-refractivity contribution >= 4 is 11.9 Å². The third-order valence-corrected chi connectivity index (χ3v) is 4.13. The third kappa shape index (κ3) is 2.83. The Labute approximate surface area is 133 Å². The SMILES string of the molecule is Cc1c(C(=O)O)cc(-c2ccccc2)cc1C(=O)N1CC(O)C1. The number of aliphatic hydroxyl groups excluding tert-OH is 1. The minimum atomic E-state index is -1.06. The number of hydrogen-bond acceptors (Lipinski definition) is 3. The summed E-state index contributed by atoms with van der Waals surface area (Å²) in [4.78, 5) is 25.6. The second-order valence-electron chi connectivity index (χ2n) is 5.73. The summed E-state index contributed by atoms with van der Waals surface area (Å²) in [5.41, 5.74) is 2.49. The van der Waals surface area contributed by atoms with Crippen molar-refractivity contribution in [3.8, 4) is 11.1 Å². The number of β-amino-alcohol motifs (C(OH)–C–C–N with tert-alkyl or cyclic N) is 1. The van der Waals surface area contributed by atoms with Crippen LogP contribution in [0.25, 0.3) is 11.1 Å². The Kier molecular flexibility index (Phi) is 3.88. The Morgan fingerprint density at radius 1 is 1.04 bits per heavy atom. The molecule has 0 aliphatic carbocycles. The Hall–Kier alpha value is -2.66. The molecule has 1 heterocycles. The standard InChI is InChI=1S/C18H17NO4/c1-11-15(17(21)19-9-14(20)10-19)7-13(8-16(11)18(22)23)12-5-3-2-4-6-12/h2-8,14,20H,9-10H2,1H3,(H,22,23). The van der Waals surface area contributed by atoms with Crippen LogP contribution in [-0.4, -0.2) is 46.2 Å². The van der Waals surface area contributed by atoms with Gasteiger partial charge < -0.3 is 15.1 Å². The van der Waals surface area contributed by atoms with E-state index in [0.717, 1.165) is 5.56 Å². The van der Waals surface area contributed by atoms with Crippen LogP contribution < -0.4 is 0 Å². The number of aromatic carboxylic acids is 1.